The molecule has 0 saturated carbocycles. The molecule has 98 valence electrons. The highest BCUT2D eigenvalue weighted by Gasteiger charge is 2.13. The molecular weight excluding hydrogens is 228 g/mol. The van der Waals surface area contributed by atoms with Gasteiger partial charge in [0.05, 0.1) is 13.7 Å². The number of ketones is 1. The van der Waals surface area contributed by atoms with Gasteiger partial charge in [-0.2, -0.15) is 0 Å². The Morgan fingerprint density at radius 3 is 2.56 bits per heavy atom. The summed E-state index contributed by atoms with van der Waals surface area (Å²) in [6.07, 6.45) is 0.508. The standard InChI is InChI=1S/C14H20N2O2/c1-18-14-4-2-12(3-5-14)10-13(17)11-16-8-6-15-7-9-16/h2-5,15H,6-11H2,1H3. The Morgan fingerprint density at radius 1 is 1.28 bits per heavy atom. The van der Waals surface area contributed by atoms with Crippen LogP contribution in [0.4, 0.5) is 0 Å². The molecule has 0 bridgehead atoms. The SMILES string of the molecule is COc1ccc(CC(=O)CN2CCNCC2)cc1. The van der Waals surface area contributed by atoms with Crippen molar-refractivity contribution >= 4 is 5.78 Å². The summed E-state index contributed by atoms with van der Waals surface area (Å²) < 4.78 is 5.10. The van der Waals surface area contributed by atoms with Gasteiger partial charge in [0.1, 0.15) is 5.75 Å². The second-order valence-electron chi connectivity index (χ2n) is 4.59. The first kappa shape index (κ1) is 13.1. The molecule has 1 aromatic carbocycles. The van der Waals surface area contributed by atoms with Crippen LogP contribution in [0.2, 0.25) is 0 Å². The molecule has 1 N–H and O–H groups in total. The highest BCUT2D eigenvalue weighted by molar-refractivity contribution is 5.82. The van der Waals surface area contributed by atoms with E-state index in [4.69, 9.17) is 4.74 Å². The lowest BCUT2D eigenvalue weighted by Crippen LogP contribution is -2.45. The molecule has 0 amide bonds. The second-order valence-corrected chi connectivity index (χ2v) is 4.59. The number of carbonyl (C=O) groups is 1. The zero-order chi connectivity index (χ0) is 12.8. The number of hydrogen-bond acceptors (Lipinski definition) is 4. The van der Waals surface area contributed by atoms with Gasteiger partial charge in [-0.1, -0.05) is 12.1 Å². The highest BCUT2D eigenvalue weighted by Crippen LogP contribution is 2.12. The van der Waals surface area contributed by atoms with Gasteiger partial charge >= 0.3 is 0 Å². The van der Waals surface area contributed by atoms with E-state index >= 15 is 0 Å². The van der Waals surface area contributed by atoms with Crippen LogP contribution < -0.4 is 10.1 Å². The van der Waals surface area contributed by atoms with Crippen molar-refractivity contribution in [1.82, 2.24) is 10.2 Å². The number of benzene rings is 1. The third kappa shape index (κ3) is 3.82. The van der Waals surface area contributed by atoms with Crippen LogP contribution in [-0.2, 0) is 11.2 Å². The van der Waals surface area contributed by atoms with E-state index in [2.05, 4.69) is 10.2 Å². The molecule has 1 aliphatic heterocycles. The molecule has 1 aromatic rings. The number of methoxy groups -OCH3 is 1. The fourth-order valence-corrected chi connectivity index (χ4v) is 2.15. The van der Waals surface area contributed by atoms with Gasteiger partial charge in [0, 0.05) is 32.6 Å². The summed E-state index contributed by atoms with van der Waals surface area (Å²) in [6.45, 7) is 4.46. The average Bonchev–Trinajstić information content (AvgIpc) is 2.40. The van der Waals surface area contributed by atoms with Crippen LogP contribution in [0.1, 0.15) is 5.56 Å². The van der Waals surface area contributed by atoms with Gasteiger partial charge in [0.15, 0.2) is 5.78 Å². The summed E-state index contributed by atoms with van der Waals surface area (Å²) in [5.74, 6) is 1.11. The van der Waals surface area contributed by atoms with Gasteiger partial charge in [-0.05, 0) is 17.7 Å². The van der Waals surface area contributed by atoms with E-state index < -0.39 is 0 Å². The number of Topliss-reactive ketones (excluding diaryl/α,β-unsaturated/α-hetero) is 1. The second kappa shape index (κ2) is 6.52. The van der Waals surface area contributed by atoms with Crippen molar-refractivity contribution < 1.29 is 9.53 Å². The van der Waals surface area contributed by atoms with Crippen molar-refractivity contribution in [3.8, 4) is 5.75 Å². The summed E-state index contributed by atoms with van der Waals surface area (Å²) in [5, 5.41) is 3.28. The van der Waals surface area contributed by atoms with E-state index in [9.17, 15) is 4.79 Å². The lowest BCUT2D eigenvalue weighted by atomic mass is 10.1. The molecule has 0 aromatic heterocycles. The lowest BCUT2D eigenvalue weighted by Gasteiger charge is -2.26. The number of hydrogen-bond donors (Lipinski definition) is 1. The van der Waals surface area contributed by atoms with Gasteiger partial charge < -0.3 is 10.1 Å². The summed E-state index contributed by atoms with van der Waals surface area (Å²) in [6, 6.07) is 7.70. The van der Waals surface area contributed by atoms with E-state index in [1.54, 1.807) is 7.11 Å². The van der Waals surface area contributed by atoms with Crippen LogP contribution >= 0.6 is 0 Å². The number of nitrogens with one attached hydrogen (secondary N) is 1. The van der Waals surface area contributed by atoms with Crippen molar-refractivity contribution in [1.29, 1.82) is 0 Å². The molecule has 1 heterocycles. The van der Waals surface area contributed by atoms with Crippen LogP contribution in [0.5, 0.6) is 5.75 Å². The smallest absolute Gasteiger partial charge is 0.151 e. The summed E-state index contributed by atoms with van der Waals surface area (Å²) in [7, 11) is 1.64. The highest BCUT2D eigenvalue weighted by atomic mass is 16.5. The minimum Gasteiger partial charge on any atom is -0.497 e. The monoisotopic (exact) mass is 248 g/mol. The third-order valence-corrected chi connectivity index (χ3v) is 3.17. The Hall–Kier alpha value is -1.39. The van der Waals surface area contributed by atoms with Crippen LogP contribution in [0.3, 0.4) is 0 Å². The maximum Gasteiger partial charge on any atom is 0.151 e. The van der Waals surface area contributed by atoms with Gasteiger partial charge in [0.25, 0.3) is 0 Å². The number of nitrogens with zero attached hydrogens (tertiary/aromatic N) is 1. The molecular formula is C14H20N2O2. The van der Waals surface area contributed by atoms with E-state index in [1.807, 2.05) is 24.3 Å². The Morgan fingerprint density at radius 2 is 1.94 bits per heavy atom. The van der Waals surface area contributed by atoms with Crippen molar-refractivity contribution in [3.05, 3.63) is 29.8 Å². The zero-order valence-corrected chi connectivity index (χ0v) is 10.8. The average molecular weight is 248 g/mol. The zero-order valence-electron chi connectivity index (χ0n) is 10.8. The van der Waals surface area contributed by atoms with Crippen LogP contribution in [0.15, 0.2) is 24.3 Å². The van der Waals surface area contributed by atoms with Crippen molar-refractivity contribution in [3.63, 3.8) is 0 Å². The molecule has 4 nitrogen and oxygen atoms in total. The predicted octanol–water partition coefficient (Wildman–Crippen LogP) is 0.712. The van der Waals surface area contributed by atoms with E-state index in [0.29, 0.717) is 13.0 Å². The normalized spacial score (nSPS) is 16.5. The van der Waals surface area contributed by atoms with Crippen LogP contribution in [-0.4, -0.2) is 50.5 Å². The first-order valence-electron chi connectivity index (χ1n) is 6.35. The molecule has 1 fully saturated rings. The molecule has 0 unspecified atom stereocenters. The molecule has 0 radical (unpaired) electrons. The number of ether oxygens (including phenoxy) is 1. The van der Waals surface area contributed by atoms with Crippen molar-refractivity contribution in [2.24, 2.45) is 0 Å². The fraction of sp³-hybridized carbons (Fsp3) is 0.500. The van der Waals surface area contributed by atoms with Gasteiger partial charge in [-0.3, -0.25) is 9.69 Å². The number of piperazine rings is 1. The number of rotatable bonds is 5. The Balaban J connectivity index is 1.82. The molecule has 0 aliphatic carbocycles. The summed E-state index contributed by atoms with van der Waals surface area (Å²) >= 11 is 0. The molecule has 4 heteroatoms. The largest absolute Gasteiger partial charge is 0.497 e. The van der Waals surface area contributed by atoms with Crippen molar-refractivity contribution in [2.75, 3.05) is 39.8 Å². The van der Waals surface area contributed by atoms with E-state index in [1.165, 1.54) is 0 Å². The third-order valence-electron chi connectivity index (χ3n) is 3.17. The lowest BCUT2D eigenvalue weighted by molar-refractivity contribution is -0.119. The molecule has 0 atom stereocenters. The fourth-order valence-electron chi connectivity index (χ4n) is 2.15. The Kier molecular flexibility index (Phi) is 4.73. The molecule has 1 saturated heterocycles. The molecule has 18 heavy (non-hydrogen) atoms. The first-order chi connectivity index (χ1) is 8.78. The molecule has 0 spiro atoms. The van der Waals surface area contributed by atoms with Crippen LogP contribution in [0.25, 0.3) is 0 Å². The van der Waals surface area contributed by atoms with Gasteiger partial charge in [-0.25, -0.2) is 0 Å². The maximum atomic E-state index is 11.9. The Bertz CT molecular complexity index is 383. The van der Waals surface area contributed by atoms with Crippen LogP contribution in [0, 0.1) is 0 Å². The van der Waals surface area contributed by atoms with E-state index in [-0.39, 0.29) is 5.78 Å². The Labute approximate surface area is 108 Å². The van der Waals surface area contributed by atoms with Gasteiger partial charge in [-0.15, -0.1) is 0 Å². The minimum absolute atomic E-state index is 0.280. The first-order valence-corrected chi connectivity index (χ1v) is 6.35. The maximum absolute atomic E-state index is 11.9. The van der Waals surface area contributed by atoms with E-state index in [0.717, 1.165) is 37.5 Å². The van der Waals surface area contributed by atoms with Crippen molar-refractivity contribution in [2.45, 2.75) is 6.42 Å². The minimum atomic E-state index is 0.280. The number of carbonyl (C=O) groups excluding carboxylic acids is 1. The summed E-state index contributed by atoms with van der Waals surface area (Å²) in [5.41, 5.74) is 1.05. The van der Waals surface area contributed by atoms with Gasteiger partial charge in [0.2, 0.25) is 0 Å². The summed E-state index contributed by atoms with van der Waals surface area (Å²) in [4.78, 5) is 14.2. The topological polar surface area (TPSA) is 41.6 Å². The quantitative estimate of drug-likeness (QED) is 0.833. The molecule has 1 aliphatic rings. The predicted molar refractivity (Wildman–Crippen MR) is 71.0 cm³/mol. The molecule has 2 rings (SSSR count).